The molecule has 0 unspecified atom stereocenters. The van der Waals surface area contributed by atoms with Crippen molar-refractivity contribution in [2.45, 2.75) is 19.3 Å². The number of hydrogen-bond donors (Lipinski definition) is 1. The SMILES string of the molecule is O=C(O)C1(Cc2cnc3cnccn23)CC1. The predicted molar refractivity (Wildman–Crippen MR) is 56.0 cm³/mol. The number of carbonyl (C=O) groups is 1. The number of aromatic nitrogens is 3. The lowest BCUT2D eigenvalue weighted by molar-refractivity contribution is -0.143. The van der Waals surface area contributed by atoms with Crippen LogP contribution in [0.2, 0.25) is 0 Å². The maximum Gasteiger partial charge on any atom is 0.310 e. The van der Waals surface area contributed by atoms with E-state index in [0.717, 1.165) is 24.2 Å². The second-order valence-electron chi connectivity index (χ2n) is 4.32. The molecular formula is C11H11N3O2. The average Bonchev–Trinajstić information content (AvgIpc) is 2.96. The molecule has 5 nitrogen and oxygen atoms in total. The van der Waals surface area contributed by atoms with Gasteiger partial charge in [-0.15, -0.1) is 0 Å². The lowest BCUT2D eigenvalue weighted by Gasteiger charge is -2.08. The Morgan fingerprint density at radius 2 is 2.31 bits per heavy atom. The van der Waals surface area contributed by atoms with Crippen LogP contribution in [0.25, 0.3) is 5.65 Å². The van der Waals surface area contributed by atoms with Gasteiger partial charge in [-0.2, -0.15) is 0 Å². The van der Waals surface area contributed by atoms with Crippen LogP contribution in [0.5, 0.6) is 0 Å². The van der Waals surface area contributed by atoms with Gasteiger partial charge in [0.1, 0.15) is 0 Å². The zero-order valence-corrected chi connectivity index (χ0v) is 8.63. The molecule has 1 N–H and O–H groups in total. The summed E-state index contributed by atoms with van der Waals surface area (Å²) >= 11 is 0. The molecule has 1 aliphatic carbocycles. The summed E-state index contributed by atoms with van der Waals surface area (Å²) in [5.41, 5.74) is 1.16. The minimum Gasteiger partial charge on any atom is -0.481 e. The molecule has 16 heavy (non-hydrogen) atoms. The lowest BCUT2D eigenvalue weighted by atomic mass is 10.0. The molecule has 1 saturated carbocycles. The first-order valence-electron chi connectivity index (χ1n) is 5.21. The molecule has 2 aromatic rings. The number of imidazole rings is 1. The zero-order valence-electron chi connectivity index (χ0n) is 8.63. The van der Waals surface area contributed by atoms with Gasteiger partial charge in [0.15, 0.2) is 5.65 Å². The van der Waals surface area contributed by atoms with E-state index < -0.39 is 11.4 Å². The van der Waals surface area contributed by atoms with E-state index in [2.05, 4.69) is 9.97 Å². The van der Waals surface area contributed by atoms with Crippen LogP contribution in [-0.4, -0.2) is 25.4 Å². The molecule has 2 heterocycles. The normalized spacial score (nSPS) is 17.5. The first kappa shape index (κ1) is 9.33. The highest BCUT2D eigenvalue weighted by Gasteiger charge is 2.50. The minimum atomic E-state index is -0.698. The first-order chi connectivity index (χ1) is 7.71. The van der Waals surface area contributed by atoms with Crippen molar-refractivity contribution < 1.29 is 9.90 Å². The van der Waals surface area contributed by atoms with Crippen molar-refractivity contribution in [3.63, 3.8) is 0 Å². The maximum atomic E-state index is 11.1. The van der Waals surface area contributed by atoms with Crippen LogP contribution >= 0.6 is 0 Å². The number of carboxylic acid groups (broad SMARTS) is 1. The molecule has 0 atom stereocenters. The molecule has 0 radical (unpaired) electrons. The Hall–Kier alpha value is -1.91. The first-order valence-corrected chi connectivity index (χ1v) is 5.21. The predicted octanol–water partition coefficient (Wildman–Crippen LogP) is 1.14. The Balaban J connectivity index is 1.98. The van der Waals surface area contributed by atoms with E-state index in [1.54, 1.807) is 18.6 Å². The van der Waals surface area contributed by atoms with Crippen LogP contribution in [0.15, 0.2) is 24.8 Å². The van der Waals surface area contributed by atoms with Crippen LogP contribution in [0, 0.1) is 5.41 Å². The summed E-state index contributed by atoms with van der Waals surface area (Å²) < 4.78 is 1.90. The van der Waals surface area contributed by atoms with Gasteiger partial charge in [-0.1, -0.05) is 0 Å². The van der Waals surface area contributed by atoms with Crippen molar-refractivity contribution in [1.29, 1.82) is 0 Å². The zero-order chi connectivity index (χ0) is 11.2. The van der Waals surface area contributed by atoms with Crippen molar-refractivity contribution >= 4 is 11.6 Å². The van der Waals surface area contributed by atoms with E-state index in [0.29, 0.717) is 6.42 Å². The Morgan fingerprint density at radius 3 is 3.00 bits per heavy atom. The van der Waals surface area contributed by atoms with Crippen molar-refractivity contribution in [3.8, 4) is 0 Å². The molecule has 2 aromatic heterocycles. The van der Waals surface area contributed by atoms with E-state index in [4.69, 9.17) is 5.11 Å². The van der Waals surface area contributed by atoms with Gasteiger partial charge >= 0.3 is 5.97 Å². The molecule has 1 fully saturated rings. The molecule has 0 amide bonds. The summed E-state index contributed by atoms with van der Waals surface area (Å²) in [5.74, 6) is -0.698. The second kappa shape index (κ2) is 3.04. The Labute approximate surface area is 91.8 Å². The largest absolute Gasteiger partial charge is 0.481 e. The molecule has 0 spiro atoms. The van der Waals surface area contributed by atoms with E-state index in [9.17, 15) is 4.79 Å². The monoisotopic (exact) mass is 217 g/mol. The summed E-state index contributed by atoms with van der Waals surface area (Å²) in [7, 11) is 0. The summed E-state index contributed by atoms with van der Waals surface area (Å²) in [4.78, 5) is 19.3. The van der Waals surface area contributed by atoms with Crippen LogP contribution in [0.3, 0.4) is 0 Å². The van der Waals surface area contributed by atoms with Gasteiger partial charge < -0.3 is 9.51 Å². The number of rotatable bonds is 3. The standard InChI is InChI=1S/C11H11N3O2/c15-10(16)11(1-2-11)5-8-6-13-9-7-12-3-4-14(8)9/h3-4,6-7H,1-2,5H2,(H,15,16). The van der Waals surface area contributed by atoms with Gasteiger partial charge in [0.05, 0.1) is 11.6 Å². The molecule has 1 aliphatic rings. The van der Waals surface area contributed by atoms with Crippen molar-refractivity contribution in [2.75, 3.05) is 0 Å². The van der Waals surface area contributed by atoms with Gasteiger partial charge in [0.25, 0.3) is 0 Å². The summed E-state index contributed by atoms with van der Waals surface area (Å²) in [6.45, 7) is 0. The number of fused-ring (bicyclic) bond motifs is 1. The highest BCUT2D eigenvalue weighted by Crippen LogP contribution is 2.48. The molecule has 0 saturated heterocycles. The summed E-state index contributed by atoms with van der Waals surface area (Å²) in [6, 6.07) is 0. The summed E-state index contributed by atoms with van der Waals surface area (Å²) in [6.07, 6.45) is 8.98. The lowest BCUT2D eigenvalue weighted by Crippen LogP contribution is -2.18. The van der Waals surface area contributed by atoms with Crippen molar-refractivity contribution in [2.24, 2.45) is 5.41 Å². The van der Waals surface area contributed by atoms with E-state index in [1.165, 1.54) is 0 Å². The number of carboxylic acids is 1. The smallest absolute Gasteiger partial charge is 0.310 e. The van der Waals surface area contributed by atoms with Gasteiger partial charge in [0, 0.05) is 30.7 Å². The van der Waals surface area contributed by atoms with Crippen molar-refractivity contribution in [1.82, 2.24) is 14.4 Å². The second-order valence-corrected chi connectivity index (χ2v) is 4.32. The molecule has 0 aliphatic heterocycles. The van der Waals surface area contributed by atoms with Crippen LogP contribution < -0.4 is 0 Å². The highest BCUT2D eigenvalue weighted by atomic mass is 16.4. The fourth-order valence-corrected chi connectivity index (χ4v) is 1.99. The van der Waals surface area contributed by atoms with Gasteiger partial charge in [-0.05, 0) is 12.8 Å². The van der Waals surface area contributed by atoms with Crippen LogP contribution in [0.4, 0.5) is 0 Å². The molecule has 0 aromatic carbocycles. The van der Waals surface area contributed by atoms with Crippen LogP contribution in [0.1, 0.15) is 18.5 Å². The van der Waals surface area contributed by atoms with Crippen LogP contribution in [-0.2, 0) is 11.2 Å². The van der Waals surface area contributed by atoms with Gasteiger partial charge in [0.2, 0.25) is 0 Å². The summed E-state index contributed by atoms with van der Waals surface area (Å²) in [5, 5.41) is 9.13. The highest BCUT2D eigenvalue weighted by molar-refractivity contribution is 5.78. The topological polar surface area (TPSA) is 67.5 Å². The molecule has 5 heteroatoms. The molecule has 0 bridgehead atoms. The van der Waals surface area contributed by atoms with E-state index in [-0.39, 0.29) is 0 Å². The van der Waals surface area contributed by atoms with E-state index in [1.807, 2.05) is 10.6 Å². The fourth-order valence-electron chi connectivity index (χ4n) is 1.99. The van der Waals surface area contributed by atoms with Gasteiger partial charge in [-0.3, -0.25) is 9.78 Å². The Morgan fingerprint density at radius 1 is 1.50 bits per heavy atom. The van der Waals surface area contributed by atoms with Gasteiger partial charge in [-0.25, -0.2) is 4.98 Å². The number of hydrogen-bond acceptors (Lipinski definition) is 3. The third-order valence-corrected chi connectivity index (χ3v) is 3.22. The molecule has 3 rings (SSSR count). The quantitative estimate of drug-likeness (QED) is 0.837. The van der Waals surface area contributed by atoms with E-state index >= 15 is 0 Å². The Bertz CT molecular complexity index is 557. The third-order valence-electron chi connectivity index (χ3n) is 3.22. The minimum absolute atomic E-state index is 0.542. The third kappa shape index (κ3) is 1.28. The average molecular weight is 217 g/mol. The number of nitrogens with zero attached hydrogens (tertiary/aromatic N) is 3. The number of aliphatic carboxylic acids is 1. The Kier molecular flexibility index (Phi) is 1.77. The fraction of sp³-hybridized carbons (Fsp3) is 0.364. The van der Waals surface area contributed by atoms with Crippen molar-refractivity contribution in [3.05, 3.63) is 30.5 Å². The molecule has 82 valence electrons. The molecular weight excluding hydrogens is 206 g/mol. The maximum absolute atomic E-state index is 11.1.